The second-order valence-electron chi connectivity index (χ2n) is 4.26. The van der Waals surface area contributed by atoms with Gasteiger partial charge >= 0.3 is 0 Å². The lowest BCUT2D eigenvalue weighted by atomic mass is 10.3. The maximum absolute atomic E-state index is 11.6. The molecule has 0 aromatic heterocycles. The zero-order chi connectivity index (χ0) is 13.4. The summed E-state index contributed by atoms with van der Waals surface area (Å²) >= 11 is 0. The van der Waals surface area contributed by atoms with Crippen molar-refractivity contribution in [3.05, 3.63) is 30.3 Å². The third-order valence-corrected chi connectivity index (χ3v) is 3.87. The first-order valence-electron chi connectivity index (χ1n) is 6.22. The van der Waals surface area contributed by atoms with E-state index in [1.807, 2.05) is 44.2 Å². The average molecular weight is 271 g/mol. The van der Waals surface area contributed by atoms with Crippen LogP contribution in [0.15, 0.2) is 30.3 Å². The van der Waals surface area contributed by atoms with Crippen LogP contribution in [0.1, 0.15) is 26.7 Å². The van der Waals surface area contributed by atoms with Crippen molar-refractivity contribution in [1.82, 2.24) is 4.72 Å². The van der Waals surface area contributed by atoms with Gasteiger partial charge in [-0.05, 0) is 25.5 Å². The van der Waals surface area contributed by atoms with Crippen LogP contribution in [0.5, 0.6) is 5.75 Å². The smallest absolute Gasteiger partial charge is 0.211 e. The molecule has 1 rings (SSSR count). The van der Waals surface area contributed by atoms with Crippen molar-refractivity contribution in [2.75, 3.05) is 12.3 Å². The van der Waals surface area contributed by atoms with E-state index in [4.69, 9.17) is 4.74 Å². The number of rotatable bonds is 8. The maximum Gasteiger partial charge on any atom is 0.211 e. The summed E-state index contributed by atoms with van der Waals surface area (Å²) in [6.45, 7) is 4.10. The largest absolute Gasteiger partial charge is 0.489 e. The van der Waals surface area contributed by atoms with Gasteiger partial charge in [-0.2, -0.15) is 0 Å². The van der Waals surface area contributed by atoms with Crippen LogP contribution >= 0.6 is 0 Å². The number of hydrogen-bond donors (Lipinski definition) is 1. The molecule has 18 heavy (non-hydrogen) atoms. The van der Waals surface area contributed by atoms with Gasteiger partial charge in [-0.15, -0.1) is 0 Å². The number of hydrogen-bond acceptors (Lipinski definition) is 3. The molecule has 102 valence electrons. The highest BCUT2D eigenvalue weighted by Gasteiger charge is 2.12. The van der Waals surface area contributed by atoms with E-state index in [9.17, 15) is 8.42 Å². The fraction of sp³-hybridized carbons (Fsp3) is 0.538. The van der Waals surface area contributed by atoms with Gasteiger partial charge in [-0.25, -0.2) is 13.1 Å². The number of nitrogens with one attached hydrogen (secondary N) is 1. The van der Waals surface area contributed by atoms with E-state index in [1.165, 1.54) is 0 Å². The van der Waals surface area contributed by atoms with Crippen LogP contribution in [-0.4, -0.2) is 26.8 Å². The second-order valence-corrected chi connectivity index (χ2v) is 6.19. The highest BCUT2D eigenvalue weighted by Crippen LogP contribution is 2.10. The summed E-state index contributed by atoms with van der Waals surface area (Å²) in [6, 6.07) is 9.37. The molecule has 0 saturated carbocycles. The molecule has 0 aliphatic heterocycles. The molecule has 0 heterocycles. The Hall–Kier alpha value is -1.07. The number of unbranched alkanes of at least 4 members (excludes halogenated alkanes) is 1. The standard InChI is InChI=1S/C13H21NO3S/c1-3-4-10-18(15,16)14-11-12(2)17-13-8-6-5-7-9-13/h5-9,12,14H,3-4,10-11H2,1-2H3. The van der Waals surface area contributed by atoms with Gasteiger partial charge in [0.25, 0.3) is 0 Å². The van der Waals surface area contributed by atoms with Crippen LogP contribution in [0.3, 0.4) is 0 Å². The summed E-state index contributed by atoms with van der Waals surface area (Å²) in [6.07, 6.45) is 1.36. The lowest BCUT2D eigenvalue weighted by Gasteiger charge is -2.15. The highest BCUT2D eigenvalue weighted by atomic mass is 32.2. The average Bonchev–Trinajstić information content (AvgIpc) is 2.36. The van der Waals surface area contributed by atoms with E-state index in [0.717, 1.165) is 12.2 Å². The van der Waals surface area contributed by atoms with Crippen LogP contribution in [0.2, 0.25) is 0 Å². The SMILES string of the molecule is CCCCS(=O)(=O)NCC(C)Oc1ccccc1. The summed E-state index contributed by atoms with van der Waals surface area (Å²) in [4.78, 5) is 0. The van der Waals surface area contributed by atoms with Gasteiger partial charge < -0.3 is 4.74 Å². The van der Waals surface area contributed by atoms with Gasteiger partial charge in [-0.3, -0.25) is 0 Å². The Bertz CT molecular complexity index is 431. The van der Waals surface area contributed by atoms with Crippen molar-refractivity contribution >= 4 is 10.0 Å². The molecule has 0 aliphatic carbocycles. The van der Waals surface area contributed by atoms with E-state index >= 15 is 0 Å². The Morgan fingerprint density at radius 2 is 1.94 bits per heavy atom. The van der Waals surface area contributed by atoms with E-state index in [2.05, 4.69) is 4.72 Å². The highest BCUT2D eigenvalue weighted by molar-refractivity contribution is 7.89. The molecule has 0 bridgehead atoms. The summed E-state index contributed by atoms with van der Waals surface area (Å²) in [5.74, 6) is 0.930. The maximum atomic E-state index is 11.6. The van der Waals surface area contributed by atoms with Crippen molar-refractivity contribution in [3.8, 4) is 5.75 Å². The van der Waals surface area contributed by atoms with Crippen molar-refractivity contribution in [2.45, 2.75) is 32.8 Å². The van der Waals surface area contributed by atoms with Crippen LogP contribution in [-0.2, 0) is 10.0 Å². The molecular formula is C13H21NO3S. The Balaban J connectivity index is 2.35. The molecule has 0 saturated heterocycles. The molecule has 0 spiro atoms. The Kier molecular flexibility index (Phi) is 6.15. The fourth-order valence-electron chi connectivity index (χ4n) is 1.42. The summed E-state index contributed by atoms with van der Waals surface area (Å²) in [5.41, 5.74) is 0. The lowest BCUT2D eigenvalue weighted by molar-refractivity contribution is 0.225. The monoisotopic (exact) mass is 271 g/mol. The Morgan fingerprint density at radius 3 is 2.56 bits per heavy atom. The third kappa shape index (κ3) is 6.02. The van der Waals surface area contributed by atoms with Crippen LogP contribution in [0.4, 0.5) is 0 Å². The van der Waals surface area contributed by atoms with Crippen molar-refractivity contribution in [3.63, 3.8) is 0 Å². The van der Waals surface area contributed by atoms with Gasteiger partial charge in [0.2, 0.25) is 10.0 Å². The van der Waals surface area contributed by atoms with Gasteiger partial charge in [-0.1, -0.05) is 31.5 Å². The normalized spacial score (nSPS) is 13.2. The third-order valence-electron chi connectivity index (χ3n) is 2.44. The van der Waals surface area contributed by atoms with Gasteiger partial charge in [0, 0.05) is 6.54 Å². The zero-order valence-corrected chi connectivity index (χ0v) is 11.7. The molecule has 1 N–H and O–H groups in total. The fourth-order valence-corrected chi connectivity index (χ4v) is 2.73. The van der Waals surface area contributed by atoms with Crippen molar-refractivity contribution in [2.24, 2.45) is 0 Å². The molecule has 5 heteroatoms. The molecule has 1 aromatic rings. The molecule has 1 unspecified atom stereocenters. The van der Waals surface area contributed by atoms with Gasteiger partial charge in [0.15, 0.2) is 0 Å². The first kappa shape index (κ1) is 15.0. The molecule has 0 fully saturated rings. The predicted molar refractivity (Wildman–Crippen MR) is 73.2 cm³/mol. The molecular weight excluding hydrogens is 250 g/mol. The van der Waals surface area contributed by atoms with Crippen molar-refractivity contribution < 1.29 is 13.2 Å². The minimum atomic E-state index is -3.16. The molecule has 0 amide bonds. The van der Waals surface area contributed by atoms with Crippen molar-refractivity contribution in [1.29, 1.82) is 0 Å². The lowest BCUT2D eigenvalue weighted by Crippen LogP contribution is -2.35. The molecule has 0 aliphatic rings. The van der Waals surface area contributed by atoms with E-state index < -0.39 is 10.0 Å². The van der Waals surface area contributed by atoms with Gasteiger partial charge in [0.1, 0.15) is 11.9 Å². The quantitative estimate of drug-likeness (QED) is 0.788. The van der Waals surface area contributed by atoms with E-state index in [1.54, 1.807) is 0 Å². The number of para-hydroxylation sites is 1. The van der Waals surface area contributed by atoms with Crippen LogP contribution < -0.4 is 9.46 Å². The molecule has 1 atom stereocenters. The topological polar surface area (TPSA) is 55.4 Å². The summed E-state index contributed by atoms with van der Waals surface area (Å²) in [7, 11) is -3.16. The first-order chi connectivity index (χ1) is 8.53. The predicted octanol–water partition coefficient (Wildman–Crippen LogP) is 2.17. The number of ether oxygens (including phenoxy) is 1. The minimum absolute atomic E-state index is 0.182. The van der Waals surface area contributed by atoms with Crippen LogP contribution in [0.25, 0.3) is 0 Å². The van der Waals surface area contributed by atoms with Gasteiger partial charge in [0.05, 0.1) is 5.75 Å². The Labute approximate surface area is 109 Å². The molecule has 0 radical (unpaired) electrons. The first-order valence-corrected chi connectivity index (χ1v) is 7.88. The molecule has 1 aromatic carbocycles. The summed E-state index contributed by atoms with van der Waals surface area (Å²) in [5, 5.41) is 0. The number of sulfonamides is 1. The summed E-state index contributed by atoms with van der Waals surface area (Å²) < 4.78 is 31.3. The van der Waals surface area contributed by atoms with E-state index in [-0.39, 0.29) is 11.9 Å². The number of benzene rings is 1. The Morgan fingerprint density at radius 1 is 1.28 bits per heavy atom. The molecule has 4 nitrogen and oxygen atoms in total. The van der Waals surface area contributed by atoms with E-state index in [0.29, 0.717) is 13.0 Å². The zero-order valence-electron chi connectivity index (χ0n) is 10.9. The second kappa shape index (κ2) is 7.38. The minimum Gasteiger partial charge on any atom is -0.489 e. The van der Waals surface area contributed by atoms with Crippen LogP contribution in [0, 0.1) is 0 Å².